The smallest absolute Gasteiger partial charge is 0.126 e. The molecule has 0 bridgehead atoms. The molecule has 1 saturated carbocycles. The standard InChI is InChI=1S/C23H30ClN5/c1-16-5-7-18(8-6-16)28-23-13-19(20(24)15-27-23)21-3-2-4-22(29-21)26-14-17-9-11-25-12-10-17/h2-4,13,15,17-18,25H,1,5-12,14H2,(H,26,29)(H,27,28). The van der Waals surface area contributed by atoms with Crippen molar-refractivity contribution in [1.29, 1.82) is 0 Å². The summed E-state index contributed by atoms with van der Waals surface area (Å²) in [7, 11) is 0. The van der Waals surface area contributed by atoms with Crippen LogP contribution in [0.2, 0.25) is 5.02 Å². The van der Waals surface area contributed by atoms with Crippen LogP contribution in [-0.2, 0) is 0 Å². The molecule has 29 heavy (non-hydrogen) atoms. The first-order valence-electron chi connectivity index (χ1n) is 10.7. The zero-order valence-corrected chi connectivity index (χ0v) is 17.6. The van der Waals surface area contributed by atoms with E-state index in [1.165, 1.54) is 18.4 Å². The van der Waals surface area contributed by atoms with Gasteiger partial charge in [0.25, 0.3) is 0 Å². The minimum Gasteiger partial charge on any atom is -0.370 e. The van der Waals surface area contributed by atoms with Crippen LogP contribution in [0.5, 0.6) is 0 Å². The number of nitrogens with zero attached hydrogens (tertiary/aromatic N) is 2. The Morgan fingerprint density at radius 2 is 1.90 bits per heavy atom. The van der Waals surface area contributed by atoms with E-state index in [1.807, 2.05) is 24.3 Å². The lowest BCUT2D eigenvalue weighted by atomic mass is 9.92. The zero-order valence-electron chi connectivity index (χ0n) is 16.9. The van der Waals surface area contributed by atoms with E-state index in [1.54, 1.807) is 6.20 Å². The predicted octanol–water partition coefficient (Wildman–Crippen LogP) is 5.12. The van der Waals surface area contributed by atoms with Crippen molar-refractivity contribution < 1.29 is 0 Å². The molecule has 0 radical (unpaired) electrons. The average molecular weight is 412 g/mol. The van der Waals surface area contributed by atoms with E-state index in [9.17, 15) is 0 Å². The van der Waals surface area contributed by atoms with Gasteiger partial charge in [0.15, 0.2) is 0 Å². The van der Waals surface area contributed by atoms with Crippen molar-refractivity contribution in [2.45, 2.75) is 44.6 Å². The average Bonchev–Trinajstić information content (AvgIpc) is 2.76. The Morgan fingerprint density at radius 3 is 2.69 bits per heavy atom. The summed E-state index contributed by atoms with van der Waals surface area (Å²) in [6.45, 7) is 7.27. The minimum atomic E-state index is 0.438. The van der Waals surface area contributed by atoms with Gasteiger partial charge in [0.1, 0.15) is 11.6 Å². The highest BCUT2D eigenvalue weighted by Gasteiger charge is 2.17. The Morgan fingerprint density at radius 1 is 1.10 bits per heavy atom. The van der Waals surface area contributed by atoms with Crippen molar-refractivity contribution in [2.75, 3.05) is 30.3 Å². The zero-order chi connectivity index (χ0) is 20.1. The number of aromatic nitrogens is 2. The van der Waals surface area contributed by atoms with Gasteiger partial charge in [-0.3, -0.25) is 0 Å². The maximum Gasteiger partial charge on any atom is 0.126 e. The van der Waals surface area contributed by atoms with Gasteiger partial charge in [0.05, 0.1) is 10.7 Å². The second kappa shape index (κ2) is 9.59. The van der Waals surface area contributed by atoms with Crippen LogP contribution in [0, 0.1) is 5.92 Å². The molecule has 1 aliphatic carbocycles. The van der Waals surface area contributed by atoms with Gasteiger partial charge < -0.3 is 16.0 Å². The molecule has 0 spiro atoms. The molecule has 154 valence electrons. The van der Waals surface area contributed by atoms with Crippen LogP contribution in [0.3, 0.4) is 0 Å². The summed E-state index contributed by atoms with van der Waals surface area (Å²) < 4.78 is 0. The van der Waals surface area contributed by atoms with E-state index < -0.39 is 0 Å². The van der Waals surface area contributed by atoms with Gasteiger partial charge in [0.2, 0.25) is 0 Å². The van der Waals surface area contributed by atoms with E-state index in [-0.39, 0.29) is 0 Å². The Labute approximate surface area is 178 Å². The number of piperidine rings is 1. The normalized spacial score (nSPS) is 18.6. The van der Waals surface area contributed by atoms with Gasteiger partial charge in [-0.15, -0.1) is 0 Å². The third-order valence-electron chi connectivity index (χ3n) is 5.96. The second-order valence-electron chi connectivity index (χ2n) is 8.20. The third-order valence-corrected chi connectivity index (χ3v) is 6.26. The number of halogens is 1. The molecule has 0 amide bonds. The molecule has 5 nitrogen and oxygen atoms in total. The molecule has 2 fully saturated rings. The molecule has 1 aliphatic heterocycles. The van der Waals surface area contributed by atoms with Crippen LogP contribution in [0.25, 0.3) is 11.3 Å². The number of hydrogen-bond donors (Lipinski definition) is 3. The van der Waals surface area contributed by atoms with Crippen molar-refractivity contribution in [3.8, 4) is 11.3 Å². The van der Waals surface area contributed by atoms with Crippen LogP contribution in [-0.4, -0.2) is 35.6 Å². The van der Waals surface area contributed by atoms with Crippen molar-refractivity contribution in [3.05, 3.63) is 47.6 Å². The Kier molecular flexibility index (Phi) is 6.67. The van der Waals surface area contributed by atoms with Crippen molar-refractivity contribution in [1.82, 2.24) is 15.3 Å². The van der Waals surface area contributed by atoms with Crippen LogP contribution in [0.4, 0.5) is 11.6 Å². The largest absolute Gasteiger partial charge is 0.370 e. The Bertz CT molecular complexity index is 837. The molecule has 2 aliphatic rings. The van der Waals surface area contributed by atoms with Gasteiger partial charge in [-0.1, -0.05) is 29.8 Å². The minimum absolute atomic E-state index is 0.438. The predicted molar refractivity (Wildman–Crippen MR) is 122 cm³/mol. The lowest BCUT2D eigenvalue weighted by molar-refractivity contribution is 0.389. The van der Waals surface area contributed by atoms with Gasteiger partial charge in [-0.25, -0.2) is 9.97 Å². The summed E-state index contributed by atoms with van der Waals surface area (Å²) in [5.74, 6) is 2.46. The van der Waals surface area contributed by atoms with E-state index in [4.69, 9.17) is 16.6 Å². The molecule has 0 atom stereocenters. The molecular weight excluding hydrogens is 382 g/mol. The first-order chi connectivity index (χ1) is 14.2. The summed E-state index contributed by atoms with van der Waals surface area (Å²) in [5, 5.41) is 11.1. The van der Waals surface area contributed by atoms with Crippen LogP contribution < -0.4 is 16.0 Å². The van der Waals surface area contributed by atoms with Crippen molar-refractivity contribution in [2.24, 2.45) is 5.92 Å². The quantitative estimate of drug-likeness (QED) is 0.576. The van der Waals surface area contributed by atoms with Crippen molar-refractivity contribution >= 4 is 23.2 Å². The van der Waals surface area contributed by atoms with E-state index in [0.717, 1.165) is 68.2 Å². The summed E-state index contributed by atoms with van der Waals surface area (Å²) in [6.07, 6.45) is 8.53. The fourth-order valence-electron chi connectivity index (χ4n) is 4.11. The highest BCUT2D eigenvalue weighted by atomic mass is 35.5. The number of rotatable bonds is 6. The third kappa shape index (κ3) is 5.49. The van der Waals surface area contributed by atoms with Gasteiger partial charge in [-0.2, -0.15) is 0 Å². The van der Waals surface area contributed by atoms with E-state index in [0.29, 0.717) is 17.0 Å². The lowest BCUT2D eigenvalue weighted by Crippen LogP contribution is -2.31. The molecule has 2 aromatic heterocycles. The summed E-state index contributed by atoms with van der Waals surface area (Å²) in [4.78, 5) is 9.29. The van der Waals surface area contributed by atoms with Gasteiger partial charge in [-0.05, 0) is 75.7 Å². The van der Waals surface area contributed by atoms with Gasteiger partial charge >= 0.3 is 0 Å². The number of anilines is 2. The molecule has 1 saturated heterocycles. The maximum atomic E-state index is 6.47. The molecule has 2 aromatic rings. The number of nitrogens with one attached hydrogen (secondary N) is 3. The highest BCUT2D eigenvalue weighted by Crippen LogP contribution is 2.30. The second-order valence-corrected chi connectivity index (χ2v) is 8.61. The number of pyridine rings is 2. The summed E-state index contributed by atoms with van der Waals surface area (Å²) >= 11 is 6.47. The van der Waals surface area contributed by atoms with Crippen LogP contribution in [0.15, 0.2) is 42.6 Å². The van der Waals surface area contributed by atoms with E-state index >= 15 is 0 Å². The molecule has 0 unspecified atom stereocenters. The first-order valence-corrected chi connectivity index (χ1v) is 11.1. The van der Waals surface area contributed by atoms with Gasteiger partial charge in [0, 0.05) is 24.3 Å². The SMILES string of the molecule is C=C1CCC(Nc2cc(-c3cccc(NCC4CCNCC4)n3)c(Cl)cn2)CC1. The first kappa shape index (κ1) is 20.2. The lowest BCUT2D eigenvalue weighted by Gasteiger charge is -2.25. The number of allylic oxidation sites excluding steroid dienone is 1. The topological polar surface area (TPSA) is 61.9 Å². The molecule has 3 heterocycles. The Hall–Kier alpha value is -2.11. The maximum absolute atomic E-state index is 6.47. The molecular formula is C23H30ClN5. The molecule has 6 heteroatoms. The van der Waals surface area contributed by atoms with E-state index in [2.05, 4.69) is 27.5 Å². The fourth-order valence-corrected chi connectivity index (χ4v) is 4.31. The summed E-state index contributed by atoms with van der Waals surface area (Å²) in [6, 6.07) is 8.51. The fraction of sp³-hybridized carbons (Fsp3) is 0.478. The highest BCUT2D eigenvalue weighted by molar-refractivity contribution is 6.33. The van der Waals surface area contributed by atoms with Crippen molar-refractivity contribution in [3.63, 3.8) is 0 Å². The molecule has 4 rings (SSSR count). The monoisotopic (exact) mass is 411 g/mol. The number of hydrogen-bond acceptors (Lipinski definition) is 5. The molecule has 0 aromatic carbocycles. The molecule has 3 N–H and O–H groups in total. The van der Waals surface area contributed by atoms with Crippen LogP contribution in [0.1, 0.15) is 38.5 Å². The Balaban J connectivity index is 1.45. The summed E-state index contributed by atoms with van der Waals surface area (Å²) in [5.41, 5.74) is 3.13. The van der Waals surface area contributed by atoms with Crippen LogP contribution >= 0.6 is 11.6 Å².